The summed E-state index contributed by atoms with van der Waals surface area (Å²) in [6.45, 7) is 4.67. The van der Waals surface area contributed by atoms with Crippen molar-refractivity contribution in [3.05, 3.63) is 63.2 Å². The summed E-state index contributed by atoms with van der Waals surface area (Å²) in [4.78, 5) is 10.7. The predicted molar refractivity (Wildman–Crippen MR) is 88.7 cm³/mol. The lowest BCUT2D eigenvalue weighted by molar-refractivity contribution is -0.384. The summed E-state index contributed by atoms with van der Waals surface area (Å²) in [6, 6.07) is 10.4. The monoisotopic (exact) mass is 316 g/mol. The van der Waals surface area contributed by atoms with Crippen LogP contribution in [0.3, 0.4) is 0 Å². The Balaban J connectivity index is 2.25. The van der Waals surface area contributed by atoms with Gasteiger partial charge in [0.15, 0.2) is 0 Å². The molecule has 2 rings (SSSR count). The van der Waals surface area contributed by atoms with Crippen LogP contribution in [0.5, 0.6) is 5.75 Å². The van der Waals surface area contributed by atoms with Gasteiger partial charge in [-0.25, -0.2) is 0 Å². The van der Waals surface area contributed by atoms with Gasteiger partial charge in [0.1, 0.15) is 11.4 Å². The number of hydrogen-bond acceptors (Lipinski definition) is 5. The number of ether oxygens (including phenoxy) is 1. The van der Waals surface area contributed by atoms with Crippen molar-refractivity contribution in [2.45, 2.75) is 27.0 Å². The first-order valence-corrected chi connectivity index (χ1v) is 7.39. The number of aliphatic hydroxyl groups is 1. The number of anilines is 1. The van der Waals surface area contributed by atoms with Crippen molar-refractivity contribution < 1.29 is 14.8 Å². The lowest BCUT2D eigenvalue weighted by atomic mass is 10.1. The van der Waals surface area contributed by atoms with Gasteiger partial charge < -0.3 is 15.2 Å². The maximum Gasteiger partial charge on any atom is 0.292 e. The van der Waals surface area contributed by atoms with Gasteiger partial charge in [0, 0.05) is 18.2 Å². The highest BCUT2D eigenvalue weighted by Crippen LogP contribution is 2.28. The molecular formula is C17H20N2O4. The van der Waals surface area contributed by atoms with E-state index in [-0.39, 0.29) is 12.3 Å². The summed E-state index contributed by atoms with van der Waals surface area (Å²) in [7, 11) is 0. The lowest BCUT2D eigenvalue weighted by Crippen LogP contribution is -2.06. The number of hydrogen-bond donors (Lipinski definition) is 2. The van der Waals surface area contributed by atoms with Crippen LogP contribution in [0.1, 0.15) is 23.6 Å². The highest BCUT2D eigenvalue weighted by molar-refractivity contribution is 5.63. The summed E-state index contributed by atoms with van der Waals surface area (Å²) in [5, 5.41) is 23.4. The fourth-order valence-electron chi connectivity index (χ4n) is 2.27. The summed E-state index contributed by atoms with van der Waals surface area (Å²) < 4.78 is 5.61. The van der Waals surface area contributed by atoms with E-state index in [0.717, 1.165) is 16.9 Å². The van der Waals surface area contributed by atoms with Crippen molar-refractivity contribution in [1.82, 2.24) is 0 Å². The molecule has 2 aromatic carbocycles. The van der Waals surface area contributed by atoms with Gasteiger partial charge in [-0.05, 0) is 43.2 Å². The third kappa shape index (κ3) is 4.20. The van der Waals surface area contributed by atoms with Gasteiger partial charge in [-0.3, -0.25) is 10.1 Å². The molecule has 0 atom stereocenters. The van der Waals surface area contributed by atoms with Gasteiger partial charge >= 0.3 is 0 Å². The molecule has 0 aliphatic rings. The van der Waals surface area contributed by atoms with Crippen molar-refractivity contribution in [3.8, 4) is 5.75 Å². The SMILES string of the molecule is CCOc1cc(C)ccc1CNc1cc(CO)ccc1[N+](=O)[O-]. The number of aliphatic hydroxyl groups excluding tert-OH is 1. The highest BCUT2D eigenvalue weighted by Gasteiger charge is 2.14. The fraction of sp³-hybridized carbons (Fsp3) is 0.294. The average Bonchev–Trinajstić information content (AvgIpc) is 2.54. The van der Waals surface area contributed by atoms with Crippen molar-refractivity contribution in [3.63, 3.8) is 0 Å². The number of nitrogens with zero attached hydrogens (tertiary/aromatic N) is 1. The third-order valence-corrected chi connectivity index (χ3v) is 3.43. The van der Waals surface area contributed by atoms with Crippen LogP contribution in [0.15, 0.2) is 36.4 Å². The first-order chi connectivity index (χ1) is 11.0. The second-order valence-corrected chi connectivity index (χ2v) is 5.16. The third-order valence-electron chi connectivity index (χ3n) is 3.43. The number of benzene rings is 2. The van der Waals surface area contributed by atoms with Crippen LogP contribution >= 0.6 is 0 Å². The normalized spacial score (nSPS) is 10.4. The Morgan fingerprint density at radius 1 is 1.26 bits per heavy atom. The minimum atomic E-state index is -0.442. The molecule has 0 aliphatic heterocycles. The van der Waals surface area contributed by atoms with Crippen molar-refractivity contribution in [2.24, 2.45) is 0 Å². The fourth-order valence-corrected chi connectivity index (χ4v) is 2.27. The number of rotatable bonds is 7. The number of nitro groups is 1. The van der Waals surface area contributed by atoms with Crippen molar-refractivity contribution in [1.29, 1.82) is 0 Å². The standard InChI is InChI=1S/C17H20N2O4/c1-3-23-17-8-12(2)4-6-14(17)10-18-15-9-13(11-20)5-7-16(15)19(21)22/h4-9,18,20H,3,10-11H2,1-2H3. The van der Waals surface area contributed by atoms with Gasteiger partial charge in [0.25, 0.3) is 5.69 Å². The zero-order valence-electron chi connectivity index (χ0n) is 13.2. The number of nitrogens with one attached hydrogen (secondary N) is 1. The predicted octanol–water partition coefficient (Wildman–Crippen LogP) is 3.41. The van der Waals surface area contributed by atoms with E-state index in [4.69, 9.17) is 4.74 Å². The number of aryl methyl sites for hydroxylation is 1. The van der Waals surface area contributed by atoms with Crippen LogP contribution in [-0.4, -0.2) is 16.6 Å². The Labute approximate surface area is 134 Å². The lowest BCUT2D eigenvalue weighted by Gasteiger charge is -2.13. The molecule has 0 unspecified atom stereocenters. The molecule has 0 spiro atoms. The topological polar surface area (TPSA) is 84.6 Å². The second-order valence-electron chi connectivity index (χ2n) is 5.16. The minimum absolute atomic E-state index is 0.0210. The zero-order chi connectivity index (χ0) is 16.8. The largest absolute Gasteiger partial charge is 0.494 e. The van der Waals surface area contributed by atoms with E-state index >= 15 is 0 Å². The molecule has 0 bridgehead atoms. The first kappa shape index (κ1) is 16.8. The van der Waals surface area contributed by atoms with Crippen LogP contribution in [0, 0.1) is 17.0 Å². The van der Waals surface area contributed by atoms with Crippen LogP contribution in [0.25, 0.3) is 0 Å². The molecule has 0 saturated heterocycles. The van der Waals surface area contributed by atoms with Crippen LogP contribution in [0.4, 0.5) is 11.4 Å². The van der Waals surface area contributed by atoms with Gasteiger partial charge in [0.2, 0.25) is 0 Å². The number of nitro benzene ring substituents is 1. The molecule has 0 aromatic heterocycles. The van der Waals surface area contributed by atoms with Gasteiger partial charge in [-0.1, -0.05) is 12.1 Å². The maximum absolute atomic E-state index is 11.1. The molecule has 23 heavy (non-hydrogen) atoms. The van der Waals surface area contributed by atoms with E-state index in [1.54, 1.807) is 12.1 Å². The zero-order valence-corrected chi connectivity index (χ0v) is 13.2. The Morgan fingerprint density at radius 2 is 2.04 bits per heavy atom. The van der Waals surface area contributed by atoms with E-state index in [1.807, 2.05) is 32.0 Å². The molecular weight excluding hydrogens is 296 g/mol. The van der Waals surface area contributed by atoms with E-state index in [2.05, 4.69) is 5.32 Å². The molecule has 0 aliphatic carbocycles. The van der Waals surface area contributed by atoms with E-state index in [0.29, 0.717) is 24.4 Å². The molecule has 0 fully saturated rings. The average molecular weight is 316 g/mol. The van der Waals surface area contributed by atoms with Crippen LogP contribution in [-0.2, 0) is 13.2 Å². The van der Waals surface area contributed by atoms with Crippen molar-refractivity contribution >= 4 is 11.4 Å². The molecule has 0 saturated carbocycles. The summed E-state index contributed by atoms with van der Waals surface area (Å²) in [5.74, 6) is 0.765. The second kappa shape index (κ2) is 7.60. The van der Waals surface area contributed by atoms with E-state index < -0.39 is 4.92 Å². The van der Waals surface area contributed by atoms with E-state index in [1.165, 1.54) is 6.07 Å². The summed E-state index contributed by atoms with van der Waals surface area (Å²) in [6.07, 6.45) is 0. The molecule has 6 nitrogen and oxygen atoms in total. The summed E-state index contributed by atoms with van der Waals surface area (Å²) in [5.41, 5.74) is 2.98. The smallest absolute Gasteiger partial charge is 0.292 e. The molecule has 122 valence electrons. The van der Waals surface area contributed by atoms with Gasteiger partial charge in [-0.15, -0.1) is 0 Å². The Kier molecular flexibility index (Phi) is 5.54. The molecule has 6 heteroatoms. The Bertz CT molecular complexity index is 701. The maximum atomic E-state index is 11.1. The summed E-state index contributed by atoms with van der Waals surface area (Å²) >= 11 is 0. The molecule has 0 heterocycles. The molecule has 2 N–H and O–H groups in total. The Morgan fingerprint density at radius 3 is 2.70 bits per heavy atom. The quantitative estimate of drug-likeness (QED) is 0.604. The van der Waals surface area contributed by atoms with E-state index in [9.17, 15) is 15.2 Å². The Hall–Kier alpha value is -2.60. The van der Waals surface area contributed by atoms with Gasteiger partial charge in [0.05, 0.1) is 18.1 Å². The van der Waals surface area contributed by atoms with Gasteiger partial charge in [-0.2, -0.15) is 0 Å². The van der Waals surface area contributed by atoms with Crippen molar-refractivity contribution in [2.75, 3.05) is 11.9 Å². The first-order valence-electron chi connectivity index (χ1n) is 7.39. The molecule has 2 aromatic rings. The van der Waals surface area contributed by atoms with Crippen LogP contribution in [0.2, 0.25) is 0 Å². The highest BCUT2D eigenvalue weighted by atomic mass is 16.6. The molecule has 0 radical (unpaired) electrons. The molecule has 0 amide bonds. The minimum Gasteiger partial charge on any atom is -0.494 e. The van der Waals surface area contributed by atoms with Crippen LogP contribution < -0.4 is 10.1 Å².